The largest absolute Gasteiger partial charge is 0.0578 e. The topological polar surface area (TPSA) is 0 Å². The van der Waals surface area contributed by atoms with E-state index in [1.165, 1.54) is 86.9 Å². The first-order valence-corrected chi connectivity index (χ1v) is 17.1. The van der Waals surface area contributed by atoms with Crippen LogP contribution in [0.1, 0.15) is 105 Å². The minimum absolute atomic E-state index is 0.0658. The third-order valence-electron chi connectivity index (χ3n) is 10.4. The summed E-state index contributed by atoms with van der Waals surface area (Å²) in [6.07, 6.45) is 0. The van der Waals surface area contributed by atoms with Gasteiger partial charge in [-0.3, -0.25) is 0 Å². The van der Waals surface area contributed by atoms with Crippen molar-refractivity contribution in [1.82, 2.24) is 0 Å². The summed E-state index contributed by atoms with van der Waals surface area (Å²) >= 11 is 0. The van der Waals surface area contributed by atoms with Crippen molar-refractivity contribution in [2.45, 2.75) is 105 Å². The Balaban J connectivity index is 1.77. The Morgan fingerprint density at radius 1 is 0.217 bits per heavy atom. The van der Waals surface area contributed by atoms with E-state index in [2.05, 4.69) is 168 Å². The van der Waals surface area contributed by atoms with E-state index in [0.717, 1.165) is 0 Å². The zero-order valence-electron chi connectivity index (χ0n) is 30.1. The van der Waals surface area contributed by atoms with E-state index in [0.29, 0.717) is 0 Å². The van der Waals surface area contributed by atoms with Crippen molar-refractivity contribution in [3.05, 3.63) is 107 Å². The van der Waals surface area contributed by atoms with Crippen LogP contribution in [-0.4, -0.2) is 0 Å². The van der Waals surface area contributed by atoms with Crippen LogP contribution in [0.15, 0.2) is 84.9 Å². The molecule has 0 saturated heterocycles. The minimum Gasteiger partial charge on any atom is -0.0578 e. The zero-order chi connectivity index (χ0) is 33.1. The van der Waals surface area contributed by atoms with E-state index in [9.17, 15) is 0 Å². The summed E-state index contributed by atoms with van der Waals surface area (Å²) in [5.41, 5.74) is 5.76. The van der Waals surface area contributed by atoms with Gasteiger partial charge in [-0.25, -0.2) is 0 Å². The van der Waals surface area contributed by atoms with Gasteiger partial charge in [-0.15, -0.1) is 0 Å². The normalized spacial score (nSPS) is 13.7. The lowest BCUT2D eigenvalue weighted by atomic mass is 9.80. The molecule has 0 unspecified atom stereocenters. The molecule has 0 aromatic heterocycles. The fraction of sp³-hybridized carbons (Fsp3) is 0.348. The van der Waals surface area contributed by atoms with Crippen LogP contribution < -0.4 is 0 Å². The fourth-order valence-corrected chi connectivity index (χ4v) is 7.36. The van der Waals surface area contributed by atoms with E-state index in [4.69, 9.17) is 0 Å². The molecule has 0 heteroatoms. The Labute approximate surface area is 275 Å². The highest BCUT2D eigenvalue weighted by atomic mass is 14.3. The van der Waals surface area contributed by atoms with Crippen molar-refractivity contribution in [3.8, 4) is 0 Å². The van der Waals surface area contributed by atoms with Gasteiger partial charge in [-0.2, -0.15) is 0 Å². The third kappa shape index (κ3) is 4.88. The lowest BCUT2D eigenvalue weighted by molar-refractivity contribution is 0.591. The molecule has 0 amide bonds. The van der Waals surface area contributed by atoms with Crippen LogP contribution in [0, 0.1) is 0 Å². The smallest absolute Gasteiger partial charge is 0.00922 e. The molecule has 0 N–H and O–H groups in total. The summed E-state index contributed by atoms with van der Waals surface area (Å²) in [5.74, 6) is 0. The molecule has 0 spiro atoms. The molecule has 0 bridgehead atoms. The molecule has 0 fully saturated rings. The SMILES string of the molecule is CC(C)(C)c1ccc2c3ccc(C(C)(C)C)cc3c3cc4c5cc(C(C)(C)C)ccc5c5ccc(C(C)(C)C)cc5c4cc3c2c1. The number of rotatable bonds is 0. The molecular formula is C46H50. The summed E-state index contributed by atoms with van der Waals surface area (Å²) in [5, 5.41) is 16.2. The second-order valence-electron chi connectivity index (χ2n) is 18.0. The van der Waals surface area contributed by atoms with Crippen molar-refractivity contribution in [2.75, 3.05) is 0 Å². The van der Waals surface area contributed by atoms with Crippen molar-refractivity contribution in [1.29, 1.82) is 0 Å². The number of fused-ring (bicyclic) bond motifs is 12. The van der Waals surface area contributed by atoms with Crippen LogP contribution in [-0.2, 0) is 21.7 Å². The Kier molecular flexibility index (Phi) is 6.55. The fourth-order valence-electron chi connectivity index (χ4n) is 7.36. The maximum absolute atomic E-state index is 2.54. The van der Waals surface area contributed by atoms with E-state index in [1.807, 2.05) is 0 Å². The molecule has 0 radical (unpaired) electrons. The molecule has 0 atom stereocenters. The Morgan fingerprint density at radius 2 is 0.391 bits per heavy atom. The summed E-state index contributed by atoms with van der Waals surface area (Å²) in [6, 6.07) is 33.9. The lowest BCUT2D eigenvalue weighted by Gasteiger charge is -2.24. The second kappa shape index (κ2) is 9.80. The van der Waals surface area contributed by atoms with Gasteiger partial charge in [0.2, 0.25) is 0 Å². The molecule has 0 heterocycles. The highest BCUT2D eigenvalue weighted by Crippen LogP contribution is 2.45. The van der Waals surface area contributed by atoms with E-state index >= 15 is 0 Å². The van der Waals surface area contributed by atoms with Gasteiger partial charge < -0.3 is 0 Å². The minimum atomic E-state index is 0.0658. The molecule has 46 heavy (non-hydrogen) atoms. The van der Waals surface area contributed by atoms with Crippen LogP contribution in [0.5, 0.6) is 0 Å². The monoisotopic (exact) mass is 602 g/mol. The van der Waals surface area contributed by atoms with Gasteiger partial charge in [0.05, 0.1) is 0 Å². The molecule has 0 nitrogen and oxygen atoms in total. The molecule has 0 aliphatic carbocycles. The summed E-state index contributed by atoms with van der Waals surface area (Å²) in [4.78, 5) is 0. The number of hydrogen-bond acceptors (Lipinski definition) is 0. The first-order valence-electron chi connectivity index (χ1n) is 17.1. The van der Waals surface area contributed by atoms with Gasteiger partial charge in [-0.1, -0.05) is 132 Å². The number of hydrogen-bond donors (Lipinski definition) is 0. The second-order valence-corrected chi connectivity index (χ2v) is 18.0. The van der Waals surface area contributed by atoms with Crippen molar-refractivity contribution in [3.63, 3.8) is 0 Å². The number of benzene rings is 7. The summed E-state index contributed by atoms with van der Waals surface area (Å²) in [6.45, 7) is 27.9. The van der Waals surface area contributed by atoms with Crippen LogP contribution in [0.25, 0.3) is 64.6 Å². The maximum atomic E-state index is 2.54. The van der Waals surface area contributed by atoms with E-state index in [1.54, 1.807) is 0 Å². The van der Waals surface area contributed by atoms with Gasteiger partial charge in [0.25, 0.3) is 0 Å². The molecule has 234 valence electrons. The predicted octanol–water partition coefficient (Wildman–Crippen LogP) is 13.8. The standard InChI is InChI=1S/C46H50/c1-43(2,3)27-13-17-31-32-18-14-28(44(4,5)6)22-36(32)40-26-42-38-24-30(46(10,11)12)16-20-34(38)33-19-15-29(45(7,8)9)23-37(33)41(42)25-39(40)35(31)21-27/h13-26H,1-12H3. The molecule has 7 rings (SSSR count). The van der Waals surface area contributed by atoms with E-state index in [-0.39, 0.29) is 21.7 Å². The highest BCUT2D eigenvalue weighted by molar-refractivity contribution is 6.33. The van der Waals surface area contributed by atoms with Gasteiger partial charge >= 0.3 is 0 Å². The van der Waals surface area contributed by atoms with Gasteiger partial charge in [0, 0.05) is 0 Å². The van der Waals surface area contributed by atoms with Crippen LogP contribution in [0.3, 0.4) is 0 Å². The summed E-state index contributed by atoms with van der Waals surface area (Å²) < 4.78 is 0. The Hall–Kier alpha value is -3.90. The molecule has 0 aliphatic heterocycles. The lowest BCUT2D eigenvalue weighted by Crippen LogP contribution is -2.11. The average Bonchev–Trinajstić information content (AvgIpc) is 2.97. The molecule has 0 saturated carbocycles. The molecule has 7 aromatic rings. The van der Waals surface area contributed by atoms with Crippen LogP contribution in [0.4, 0.5) is 0 Å². The van der Waals surface area contributed by atoms with Gasteiger partial charge in [0.1, 0.15) is 0 Å². The molecule has 7 aromatic carbocycles. The van der Waals surface area contributed by atoms with Crippen molar-refractivity contribution in [2.24, 2.45) is 0 Å². The van der Waals surface area contributed by atoms with Gasteiger partial charge in [0.15, 0.2) is 0 Å². The average molecular weight is 603 g/mol. The molecule has 0 aliphatic rings. The summed E-state index contributed by atoms with van der Waals surface area (Å²) in [7, 11) is 0. The zero-order valence-corrected chi connectivity index (χ0v) is 30.1. The van der Waals surface area contributed by atoms with Crippen molar-refractivity contribution < 1.29 is 0 Å². The molecular weight excluding hydrogens is 553 g/mol. The van der Waals surface area contributed by atoms with Crippen molar-refractivity contribution >= 4 is 64.6 Å². The van der Waals surface area contributed by atoms with E-state index < -0.39 is 0 Å². The predicted molar refractivity (Wildman–Crippen MR) is 206 cm³/mol. The Morgan fingerprint density at radius 3 is 0.565 bits per heavy atom. The van der Waals surface area contributed by atoms with Crippen LogP contribution in [0.2, 0.25) is 0 Å². The first-order chi connectivity index (χ1) is 21.3. The highest BCUT2D eigenvalue weighted by Gasteiger charge is 2.22. The Bertz CT molecular complexity index is 2030. The third-order valence-corrected chi connectivity index (χ3v) is 10.4. The first kappa shape index (κ1) is 30.7. The van der Waals surface area contributed by atoms with Gasteiger partial charge in [-0.05, 0) is 145 Å². The quantitative estimate of drug-likeness (QED) is 0.120. The van der Waals surface area contributed by atoms with Crippen LogP contribution >= 0.6 is 0 Å². The maximum Gasteiger partial charge on any atom is -0.00922 e.